The van der Waals surface area contributed by atoms with Crippen molar-refractivity contribution < 1.29 is 26.6 Å². The number of carbonyl (C=O) groups is 1. The topological polar surface area (TPSA) is 26.3 Å². The van der Waals surface area contributed by atoms with Crippen molar-refractivity contribution in [1.29, 1.82) is 0 Å². The Morgan fingerprint density at radius 3 is 1.75 bits per heavy atom. The molecule has 2 aliphatic rings. The molecule has 0 saturated heterocycles. The molecule has 0 unspecified atom stereocenters. The van der Waals surface area contributed by atoms with Crippen LogP contribution < -0.4 is 4.74 Å². The Morgan fingerprint density at radius 1 is 0.750 bits per heavy atom. The summed E-state index contributed by atoms with van der Waals surface area (Å²) in [5.41, 5.74) is 0. The van der Waals surface area contributed by atoms with Crippen LogP contribution in [0, 0.1) is 63.7 Å². The molecule has 2 fully saturated rings. The summed E-state index contributed by atoms with van der Waals surface area (Å²) < 4.78 is 5.12. The van der Waals surface area contributed by atoms with Crippen molar-refractivity contribution in [2.75, 3.05) is 0 Å². The summed E-state index contributed by atoms with van der Waals surface area (Å²) >= 11 is 0. The van der Waals surface area contributed by atoms with Gasteiger partial charge in [-0.05, 0) is 69.9 Å². The Labute approximate surface area is 132 Å². The molecule has 3 heteroatoms. The minimum absolute atomic E-state index is 0. The molecule has 10 radical (unpaired) electrons. The van der Waals surface area contributed by atoms with Gasteiger partial charge in [0.25, 0.3) is 0 Å². The van der Waals surface area contributed by atoms with Crippen molar-refractivity contribution in [2.45, 2.75) is 0 Å². The molecule has 0 bridgehead atoms. The summed E-state index contributed by atoms with van der Waals surface area (Å²) in [5, 5.41) is 0. The molecule has 2 nitrogen and oxygen atoms in total. The molecule has 3 rings (SSSR count). The zero-order valence-corrected chi connectivity index (χ0v) is 11.9. The van der Waals surface area contributed by atoms with Crippen LogP contribution in [0.4, 0.5) is 0 Å². The number of hydrogen-bond acceptors (Lipinski definition) is 2. The molecular weight excluding hydrogens is 292 g/mol. The molecule has 0 heterocycles. The normalized spacial score (nSPS) is 17.8. The molecular formula is C17H14FeO2. The Balaban J connectivity index is 0.000000283. The zero-order valence-electron chi connectivity index (χ0n) is 10.8. The van der Waals surface area contributed by atoms with Crippen LogP contribution in [0.2, 0.25) is 0 Å². The van der Waals surface area contributed by atoms with Crippen LogP contribution >= 0.6 is 0 Å². The van der Waals surface area contributed by atoms with Gasteiger partial charge in [-0.15, -0.1) is 0 Å². The summed E-state index contributed by atoms with van der Waals surface area (Å²) in [4.78, 5) is 11.5. The second kappa shape index (κ2) is 10.0. The van der Waals surface area contributed by atoms with Crippen molar-refractivity contribution in [2.24, 2.45) is 0 Å². The maximum Gasteiger partial charge on any atom is 0.319 e. The van der Waals surface area contributed by atoms with Gasteiger partial charge < -0.3 is 4.74 Å². The van der Waals surface area contributed by atoms with E-state index in [2.05, 4.69) is 0 Å². The van der Waals surface area contributed by atoms with Crippen LogP contribution in [0.15, 0.2) is 30.3 Å². The predicted molar refractivity (Wildman–Crippen MR) is 74.0 cm³/mol. The molecule has 0 spiro atoms. The molecule has 0 aliphatic heterocycles. The standard InChI is InChI=1S/C12H9O2.C5H5.Fe/c13-12(10-6-4-5-7-10)14-11-8-2-1-3-9-11;1-2-4-5-3-1;/h1-9H;1-5H;. The van der Waals surface area contributed by atoms with Gasteiger partial charge in [0.05, 0.1) is 5.92 Å². The third kappa shape index (κ3) is 6.11. The fraction of sp³-hybridized carbons (Fsp3) is 0. The Bertz CT molecular complexity index is 360. The summed E-state index contributed by atoms with van der Waals surface area (Å²) in [6, 6.07) is 9.03. The van der Waals surface area contributed by atoms with Gasteiger partial charge >= 0.3 is 5.97 Å². The van der Waals surface area contributed by atoms with E-state index in [1.165, 1.54) is 0 Å². The number of hydrogen-bond donors (Lipinski definition) is 0. The number of ether oxygens (including phenoxy) is 1. The first-order chi connectivity index (χ1) is 9.36. The van der Waals surface area contributed by atoms with E-state index >= 15 is 0 Å². The number of para-hydroxylation sites is 1. The summed E-state index contributed by atoms with van der Waals surface area (Å²) in [7, 11) is 0. The average Bonchev–Trinajstić information content (AvgIpc) is 3.16. The van der Waals surface area contributed by atoms with Crippen molar-refractivity contribution in [3.05, 3.63) is 94.0 Å². The van der Waals surface area contributed by atoms with Crippen LogP contribution in [0.1, 0.15) is 0 Å². The van der Waals surface area contributed by atoms with Gasteiger partial charge in [0.15, 0.2) is 0 Å². The van der Waals surface area contributed by atoms with Crippen molar-refractivity contribution in [3.63, 3.8) is 0 Å². The van der Waals surface area contributed by atoms with E-state index in [0.717, 1.165) is 0 Å². The molecule has 2 aliphatic carbocycles. The number of benzene rings is 1. The van der Waals surface area contributed by atoms with Gasteiger partial charge in [-0.1, -0.05) is 18.2 Å². The second-order valence-electron chi connectivity index (χ2n) is 3.84. The number of carbonyl (C=O) groups excluding carboxylic acids is 1. The summed E-state index contributed by atoms with van der Waals surface area (Å²) in [6.45, 7) is 0. The Kier molecular flexibility index (Phi) is 8.64. The maximum absolute atomic E-state index is 11.5. The monoisotopic (exact) mass is 306 g/mol. The van der Waals surface area contributed by atoms with E-state index in [1.807, 2.05) is 63.1 Å². The van der Waals surface area contributed by atoms with Crippen LogP contribution in [-0.2, 0) is 21.9 Å². The minimum Gasteiger partial charge on any atom is -0.426 e. The van der Waals surface area contributed by atoms with Gasteiger partial charge in [0, 0.05) is 17.1 Å². The van der Waals surface area contributed by atoms with Crippen molar-refractivity contribution in [3.8, 4) is 5.75 Å². The SMILES string of the molecule is O=C(Oc1ccccc1)[C]1[CH][CH][CH][CH]1.[CH]1[CH][CH][CH][CH]1.[Fe]. The van der Waals surface area contributed by atoms with E-state index < -0.39 is 0 Å². The van der Waals surface area contributed by atoms with E-state index in [-0.39, 0.29) is 23.0 Å². The first-order valence-corrected chi connectivity index (χ1v) is 6.02. The smallest absolute Gasteiger partial charge is 0.319 e. The van der Waals surface area contributed by atoms with Crippen LogP contribution in [-0.4, -0.2) is 5.97 Å². The molecule has 0 amide bonds. The first kappa shape index (κ1) is 17.3. The minimum atomic E-state index is -0.318. The third-order valence-corrected chi connectivity index (χ3v) is 2.41. The molecule has 0 N–H and O–H groups in total. The molecule has 1 aromatic rings. The Morgan fingerprint density at radius 2 is 1.25 bits per heavy atom. The van der Waals surface area contributed by atoms with Crippen molar-refractivity contribution >= 4 is 5.97 Å². The van der Waals surface area contributed by atoms with E-state index in [1.54, 1.807) is 25.0 Å². The number of esters is 1. The number of rotatable bonds is 2. The molecule has 0 aromatic heterocycles. The average molecular weight is 306 g/mol. The maximum atomic E-state index is 11.5. The van der Waals surface area contributed by atoms with E-state index in [0.29, 0.717) is 11.7 Å². The quantitative estimate of drug-likeness (QED) is 0.477. The largest absolute Gasteiger partial charge is 0.426 e. The second-order valence-corrected chi connectivity index (χ2v) is 3.84. The van der Waals surface area contributed by atoms with Gasteiger partial charge in [-0.3, -0.25) is 4.79 Å². The fourth-order valence-electron chi connectivity index (χ4n) is 1.49. The Hall–Kier alpha value is -0.791. The molecule has 1 aromatic carbocycles. The van der Waals surface area contributed by atoms with E-state index in [9.17, 15) is 4.79 Å². The molecule has 20 heavy (non-hydrogen) atoms. The fourth-order valence-corrected chi connectivity index (χ4v) is 1.49. The van der Waals surface area contributed by atoms with Gasteiger partial charge in [0.2, 0.25) is 0 Å². The van der Waals surface area contributed by atoms with Gasteiger partial charge in [-0.2, -0.15) is 0 Å². The summed E-state index contributed by atoms with van der Waals surface area (Å²) in [5.74, 6) is 0.828. The van der Waals surface area contributed by atoms with Gasteiger partial charge in [0.1, 0.15) is 5.75 Å². The van der Waals surface area contributed by atoms with Gasteiger partial charge in [-0.25, -0.2) is 0 Å². The zero-order chi connectivity index (χ0) is 13.3. The molecule has 0 atom stereocenters. The predicted octanol–water partition coefficient (Wildman–Crippen LogP) is 3.02. The van der Waals surface area contributed by atoms with E-state index in [4.69, 9.17) is 4.74 Å². The third-order valence-electron chi connectivity index (χ3n) is 2.41. The molecule has 102 valence electrons. The van der Waals surface area contributed by atoms with Crippen LogP contribution in [0.3, 0.4) is 0 Å². The summed E-state index contributed by atoms with van der Waals surface area (Å²) in [6.07, 6.45) is 17.1. The first-order valence-electron chi connectivity index (χ1n) is 6.02. The van der Waals surface area contributed by atoms with Crippen LogP contribution in [0.25, 0.3) is 0 Å². The van der Waals surface area contributed by atoms with Crippen LogP contribution in [0.5, 0.6) is 5.75 Å². The van der Waals surface area contributed by atoms with Crippen molar-refractivity contribution in [1.82, 2.24) is 0 Å². The molecule has 2 saturated carbocycles.